The Kier molecular flexibility index (Phi) is 3.08. The highest BCUT2D eigenvalue weighted by atomic mass is 16.6. The summed E-state index contributed by atoms with van der Waals surface area (Å²) in [6.45, 7) is 0. The van der Waals surface area contributed by atoms with Gasteiger partial charge in [-0.25, -0.2) is 14.5 Å². The SMILES string of the molecule is O=C(O)c1nn(-c2ccc([N+](=O)[O-])cn2)cc1[N+](=O)[O-]. The van der Waals surface area contributed by atoms with Crippen LogP contribution in [0.5, 0.6) is 0 Å². The van der Waals surface area contributed by atoms with E-state index in [-0.39, 0.29) is 11.5 Å². The number of aromatic carboxylic acids is 1. The van der Waals surface area contributed by atoms with Crippen LogP contribution in [0, 0.1) is 20.2 Å². The van der Waals surface area contributed by atoms with Gasteiger partial charge < -0.3 is 5.11 Å². The molecule has 2 rings (SSSR count). The van der Waals surface area contributed by atoms with E-state index in [1.807, 2.05) is 0 Å². The fourth-order valence-electron chi connectivity index (χ4n) is 1.39. The van der Waals surface area contributed by atoms with Crippen LogP contribution < -0.4 is 0 Å². The summed E-state index contributed by atoms with van der Waals surface area (Å²) in [4.78, 5) is 34.1. The second kappa shape index (κ2) is 4.72. The van der Waals surface area contributed by atoms with Crippen LogP contribution in [0.2, 0.25) is 0 Å². The van der Waals surface area contributed by atoms with Gasteiger partial charge in [0.15, 0.2) is 5.82 Å². The first-order valence-corrected chi connectivity index (χ1v) is 4.98. The second-order valence-electron chi connectivity index (χ2n) is 3.50. The molecule has 2 aromatic rings. The van der Waals surface area contributed by atoms with Crippen molar-refractivity contribution in [3.63, 3.8) is 0 Å². The van der Waals surface area contributed by atoms with Crippen molar-refractivity contribution in [3.05, 3.63) is 50.4 Å². The maximum absolute atomic E-state index is 10.8. The van der Waals surface area contributed by atoms with Crippen LogP contribution in [0.1, 0.15) is 10.5 Å². The van der Waals surface area contributed by atoms with Crippen molar-refractivity contribution in [1.29, 1.82) is 0 Å². The summed E-state index contributed by atoms with van der Waals surface area (Å²) in [5.41, 5.74) is -1.71. The van der Waals surface area contributed by atoms with E-state index >= 15 is 0 Å². The highest BCUT2D eigenvalue weighted by Crippen LogP contribution is 2.19. The zero-order chi connectivity index (χ0) is 14.9. The Morgan fingerprint density at radius 1 is 1.25 bits per heavy atom. The van der Waals surface area contributed by atoms with Crippen LogP contribution in [-0.4, -0.2) is 35.7 Å². The maximum Gasteiger partial charge on any atom is 0.363 e. The molecule has 102 valence electrons. The topological polar surface area (TPSA) is 154 Å². The van der Waals surface area contributed by atoms with Gasteiger partial charge in [-0.3, -0.25) is 20.2 Å². The first-order valence-electron chi connectivity index (χ1n) is 4.98. The van der Waals surface area contributed by atoms with Crippen LogP contribution in [0.25, 0.3) is 5.82 Å². The molecule has 0 saturated carbocycles. The smallest absolute Gasteiger partial charge is 0.363 e. The number of pyridine rings is 1. The fraction of sp³-hybridized carbons (Fsp3) is 0. The minimum absolute atomic E-state index is 0.0196. The highest BCUT2D eigenvalue weighted by molar-refractivity contribution is 5.89. The summed E-state index contributed by atoms with van der Waals surface area (Å²) in [6, 6.07) is 2.32. The van der Waals surface area contributed by atoms with Crippen molar-refractivity contribution in [2.45, 2.75) is 0 Å². The van der Waals surface area contributed by atoms with Crippen LogP contribution in [0.3, 0.4) is 0 Å². The van der Waals surface area contributed by atoms with Crippen molar-refractivity contribution in [2.24, 2.45) is 0 Å². The van der Waals surface area contributed by atoms with Crippen LogP contribution in [0.15, 0.2) is 24.5 Å². The monoisotopic (exact) mass is 279 g/mol. The summed E-state index contributed by atoms with van der Waals surface area (Å²) < 4.78 is 0.866. The third-order valence-corrected chi connectivity index (χ3v) is 2.27. The van der Waals surface area contributed by atoms with Gasteiger partial charge in [0, 0.05) is 6.07 Å². The Bertz CT molecular complexity index is 675. The molecule has 0 fully saturated rings. The Morgan fingerprint density at radius 3 is 2.35 bits per heavy atom. The second-order valence-corrected chi connectivity index (χ2v) is 3.50. The lowest BCUT2D eigenvalue weighted by Crippen LogP contribution is -2.03. The summed E-state index contributed by atoms with van der Waals surface area (Å²) in [6.07, 6.45) is 1.81. The number of nitro groups is 2. The Labute approximate surface area is 109 Å². The molecule has 0 aliphatic carbocycles. The van der Waals surface area contributed by atoms with Crippen molar-refractivity contribution in [2.75, 3.05) is 0 Å². The third-order valence-electron chi connectivity index (χ3n) is 2.27. The molecule has 0 aliphatic rings. The van der Waals surface area contributed by atoms with E-state index in [0.29, 0.717) is 0 Å². The number of hydrogen-bond acceptors (Lipinski definition) is 7. The van der Waals surface area contributed by atoms with Crippen molar-refractivity contribution in [1.82, 2.24) is 14.8 Å². The van der Waals surface area contributed by atoms with E-state index in [1.165, 1.54) is 6.07 Å². The molecule has 0 bridgehead atoms. The molecule has 0 amide bonds. The summed E-state index contributed by atoms with van der Waals surface area (Å²) >= 11 is 0. The predicted molar refractivity (Wildman–Crippen MR) is 61.6 cm³/mol. The molecular formula is C9H5N5O6. The van der Waals surface area contributed by atoms with E-state index in [4.69, 9.17) is 5.11 Å². The van der Waals surface area contributed by atoms with Crippen molar-refractivity contribution < 1.29 is 19.7 Å². The van der Waals surface area contributed by atoms with Gasteiger partial charge in [-0.05, 0) is 6.07 Å². The molecule has 0 saturated heterocycles. The number of aromatic nitrogens is 3. The van der Waals surface area contributed by atoms with E-state index < -0.39 is 27.2 Å². The predicted octanol–water partition coefficient (Wildman–Crippen LogP) is 0.782. The molecule has 0 aromatic carbocycles. The largest absolute Gasteiger partial charge is 0.476 e. The van der Waals surface area contributed by atoms with E-state index in [9.17, 15) is 25.0 Å². The standard InChI is InChI=1S/C9H5N5O6/c15-9(16)8-6(14(19)20)4-12(11-8)7-2-1-5(3-10-7)13(17)18/h1-4H,(H,15,16). The Morgan fingerprint density at radius 2 is 1.95 bits per heavy atom. The van der Waals surface area contributed by atoms with Gasteiger partial charge >= 0.3 is 11.7 Å². The van der Waals surface area contributed by atoms with Gasteiger partial charge in [-0.2, -0.15) is 5.10 Å². The van der Waals surface area contributed by atoms with Gasteiger partial charge in [0.05, 0.1) is 9.85 Å². The average molecular weight is 279 g/mol. The minimum atomic E-state index is -1.56. The van der Waals surface area contributed by atoms with Crippen LogP contribution >= 0.6 is 0 Å². The van der Waals surface area contributed by atoms with E-state index in [1.54, 1.807) is 0 Å². The normalized spacial score (nSPS) is 10.2. The Balaban J connectivity index is 2.47. The number of carboxylic acid groups (broad SMARTS) is 1. The molecule has 1 N–H and O–H groups in total. The van der Waals surface area contributed by atoms with E-state index in [2.05, 4.69) is 10.1 Å². The molecule has 0 atom stereocenters. The number of carboxylic acids is 1. The van der Waals surface area contributed by atoms with Gasteiger partial charge in [-0.15, -0.1) is 0 Å². The zero-order valence-electron chi connectivity index (χ0n) is 9.53. The lowest BCUT2D eigenvalue weighted by atomic mass is 10.4. The first-order chi connectivity index (χ1) is 9.40. The van der Waals surface area contributed by atoms with Crippen molar-refractivity contribution >= 4 is 17.3 Å². The van der Waals surface area contributed by atoms with Crippen LogP contribution in [0.4, 0.5) is 11.4 Å². The third kappa shape index (κ3) is 2.27. The lowest BCUT2D eigenvalue weighted by molar-refractivity contribution is -0.385. The molecule has 11 nitrogen and oxygen atoms in total. The Hall–Kier alpha value is -3.37. The molecule has 0 radical (unpaired) electrons. The van der Waals surface area contributed by atoms with Crippen LogP contribution in [-0.2, 0) is 0 Å². The van der Waals surface area contributed by atoms with Crippen molar-refractivity contribution in [3.8, 4) is 5.82 Å². The summed E-state index contributed by atoms with van der Waals surface area (Å²) in [5, 5.41) is 33.5. The number of nitrogens with zero attached hydrogens (tertiary/aromatic N) is 5. The summed E-state index contributed by atoms with van der Waals surface area (Å²) in [7, 11) is 0. The molecule has 11 heteroatoms. The maximum atomic E-state index is 10.8. The number of hydrogen-bond donors (Lipinski definition) is 1. The first kappa shape index (κ1) is 13.1. The summed E-state index contributed by atoms with van der Waals surface area (Å²) in [5.74, 6) is -1.54. The molecule has 2 heterocycles. The quantitative estimate of drug-likeness (QED) is 0.635. The zero-order valence-corrected chi connectivity index (χ0v) is 9.53. The molecule has 0 unspecified atom stereocenters. The van der Waals surface area contributed by atoms with Gasteiger partial charge in [0.2, 0.25) is 5.69 Å². The molecule has 20 heavy (non-hydrogen) atoms. The molecule has 0 spiro atoms. The molecule has 2 aromatic heterocycles. The molecular weight excluding hydrogens is 274 g/mol. The fourth-order valence-corrected chi connectivity index (χ4v) is 1.39. The molecule has 0 aliphatic heterocycles. The number of carbonyl (C=O) groups is 1. The van der Waals surface area contributed by atoms with Gasteiger partial charge in [0.25, 0.3) is 5.69 Å². The minimum Gasteiger partial charge on any atom is -0.476 e. The van der Waals surface area contributed by atoms with Gasteiger partial charge in [-0.1, -0.05) is 0 Å². The van der Waals surface area contributed by atoms with Gasteiger partial charge in [0.1, 0.15) is 12.4 Å². The van der Waals surface area contributed by atoms with E-state index in [0.717, 1.165) is 23.1 Å². The average Bonchev–Trinajstić information content (AvgIpc) is 2.84. The number of rotatable bonds is 4. The highest BCUT2D eigenvalue weighted by Gasteiger charge is 2.26. The lowest BCUT2D eigenvalue weighted by Gasteiger charge is -1.97.